The first-order valence-corrected chi connectivity index (χ1v) is 8.82. The minimum atomic E-state index is -3.80. The lowest BCUT2D eigenvalue weighted by molar-refractivity contribution is 0.598. The normalized spacial score (nSPS) is 11.6. The van der Waals surface area contributed by atoms with Crippen molar-refractivity contribution in [1.29, 1.82) is 0 Å². The number of H-pyrrole nitrogens is 1. The number of nitrogens with one attached hydrogen (secondary N) is 2. The average molecular weight is 347 g/mol. The highest BCUT2D eigenvalue weighted by molar-refractivity contribution is 7.92. The third-order valence-electron chi connectivity index (χ3n) is 3.64. The molecule has 0 fully saturated rings. The maximum atomic E-state index is 12.9. The lowest BCUT2D eigenvalue weighted by Gasteiger charge is -2.11. The number of hydrogen-bond acceptors (Lipinski definition) is 6. The molecule has 0 saturated carbocycles. The van der Waals surface area contributed by atoms with Gasteiger partial charge in [-0.2, -0.15) is 10.3 Å². The number of para-hydroxylation sites is 1. The number of aromatic nitrogens is 6. The SMILES string of the molecule is CCn1nc(C)c(S(=O)(=O)Nc2ccccc2-c2nn[nH]n2)c1C. The summed E-state index contributed by atoms with van der Waals surface area (Å²) in [6.07, 6.45) is 0. The molecule has 24 heavy (non-hydrogen) atoms. The maximum absolute atomic E-state index is 12.9. The van der Waals surface area contributed by atoms with Crippen LogP contribution in [-0.4, -0.2) is 38.8 Å². The number of sulfonamides is 1. The van der Waals surface area contributed by atoms with E-state index < -0.39 is 10.0 Å². The summed E-state index contributed by atoms with van der Waals surface area (Å²) in [5.74, 6) is 0.311. The van der Waals surface area contributed by atoms with E-state index in [1.165, 1.54) is 0 Å². The molecule has 0 radical (unpaired) electrons. The summed E-state index contributed by atoms with van der Waals surface area (Å²) < 4.78 is 30.0. The second kappa shape index (κ2) is 6.04. The van der Waals surface area contributed by atoms with Crippen LogP contribution in [0.15, 0.2) is 29.2 Å². The largest absolute Gasteiger partial charge is 0.279 e. The van der Waals surface area contributed by atoms with Gasteiger partial charge < -0.3 is 0 Å². The van der Waals surface area contributed by atoms with Crippen LogP contribution in [0.4, 0.5) is 5.69 Å². The summed E-state index contributed by atoms with van der Waals surface area (Å²) >= 11 is 0. The van der Waals surface area contributed by atoms with E-state index in [-0.39, 0.29) is 4.90 Å². The molecule has 2 N–H and O–H groups in total. The summed E-state index contributed by atoms with van der Waals surface area (Å²) in [7, 11) is -3.80. The molecule has 0 bridgehead atoms. The molecule has 9 nitrogen and oxygen atoms in total. The van der Waals surface area contributed by atoms with Crippen LogP contribution < -0.4 is 4.72 Å². The zero-order valence-electron chi connectivity index (χ0n) is 13.5. The quantitative estimate of drug-likeness (QED) is 0.722. The van der Waals surface area contributed by atoms with E-state index in [0.29, 0.717) is 35.0 Å². The van der Waals surface area contributed by atoms with E-state index >= 15 is 0 Å². The Kier molecular flexibility index (Phi) is 4.06. The molecule has 0 saturated heterocycles. The molecule has 1 aromatic carbocycles. The zero-order valence-corrected chi connectivity index (χ0v) is 14.3. The van der Waals surface area contributed by atoms with Crippen molar-refractivity contribution >= 4 is 15.7 Å². The van der Waals surface area contributed by atoms with Gasteiger partial charge in [0, 0.05) is 12.1 Å². The molecular weight excluding hydrogens is 330 g/mol. The van der Waals surface area contributed by atoms with E-state index in [1.807, 2.05) is 6.92 Å². The number of anilines is 1. The van der Waals surface area contributed by atoms with Crippen molar-refractivity contribution in [2.75, 3.05) is 4.72 Å². The molecule has 3 aromatic rings. The predicted molar refractivity (Wildman–Crippen MR) is 87.8 cm³/mol. The summed E-state index contributed by atoms with van der Waals surface area (Å²) in [6.45, 7) is 5.93. The Morgan fingerprint density at radius 1 is 1.25 bits per heavy atom. The van der Waals surface area contributed by atoms with Crippen molar-refractivity contribution in [2.24, 2.45) is 0 Å². The van der Waals surface area contributed by atoms with Crippen LogP contribution >= 0.6 is 0 Å². The summed E-state index contributed by atoms with van der Waals surface area (Å²) in [4.78, 5) is 0.187. The molecule has 2 aromatic heterocycles. The first kappa shape index (κ1) is 16.1. The highest BCUT2D eigenvalue weighted by atomic mass is 32.2. The topological polar surface area (TPSA) is 118 Å². The Balaban J connectivity index is 2.05. The van der Waals surface area contributed by atoms with Crippen LogP contribution in [0.3, 0.4) is 0 Å². The number of aryl methyl sites for hydroxylation is 2. The Hall–Kier alpha value is -2.75. The number of rotatable bonds is 5. The van der Waals surface area contributed by atoms with E-state index in [9.17, 15) is 8.42 Å². The van der Waals surface area contributed by atoms with Crippen molar-refractivity contribution in [3.05, 3.63) is 35.7 Å². The van der Waals surface area contributed by atoms with Gasteiger partial charge in [-0.1, -0.05) is 12.1 Å². The third kappa shape index (κ3) is 2.75. The third-order valence-corrected chi connectivity index (χ3v) is 5.26. The van der Waals surface area contributed by atoms with Gasteiger partial charge in [0.1, 0.15) is 4.90 Å². The Morgan fingerprint density at radius 2 is 2.00 bits per heavy atom. The molecule has 0 atom stereocenters. The smallest absolute Gasteiger partial charge is 0.265 e. The fraction of sp³-hybridized carbons (Fsp3) is 0.286. The molecule has 0 aliphatic heterocycles. The van der Waals surface area contributed by atoms with Gasteiger partial charge in [-0.15, -0.1) is 10.2 Å². The molecule has 126 valence electrons. The molecular formula is C14H17N7O2S. The highest BCUT2D eigenvalue weighted by Crippen LogP contribution is 2.28. The van der Waals surface area contributed by atoms with Crippen LogP contribution in [0.1, 0.15) is 18.3 Å². The predicted octanol–water partition coefficient (Wildman–Crippen LogP) is 1.50. The molecule has 0 aliphatic rings. The average Bonchev–Trinajstić information content (AvgIpc) is 3.15. The number of benzene rings is 1. The highest BCUT2D eigenvalue weighted by Gasteiger charge is 2.25. The molecule has 0 aliphatic carbocycles. The minimum Gasteiger partial charge on any atom is -0.279 e. The maximum Gasteiger partial charge on any atom is 0.265 e. The van der Waals surface area contributed by atoms with Crippen molar-refractivity contribution in [2.45, 2.75) is 32.2 Å². The van der Waals surface area contributed by atoms with Gasteiger partial charge in [-0.3, -0.25) is 9.40 Å². The molecule has 2 heterocycles. The van der Waals surface area contributed by atoms with Crippen LogP contribution in [0.2, 0.25) is 0 Å². The molecule has 0 amide bonds. The summed E-state index contributed by atoms with van der Waals surface area (Å²) in [5.41, 5.74) is 1.97. The van der Waals surface area contributed by atoms with Gasteiger partial charge >= 0.3 is 0 Å². The van der Waals surface area contributed by atoms with Gasteiger partial charge in [-0.05, 0) is 38.1 Å². The second-order valence-electron chi connectivity index (χ2n) is 5.20. The first-order valence-electron chi connectivity index (χ1n) is 7.33. The zero-order chi connectivity index (χ0) is 17.3. The molecule has 0 unspecified atom stereocenters. The number of aromatic amines is 1. The van der Waals surface area contributed by atoms with E-state index in [4.69, 9.17) is 0 Å². The molecule has 10 heteroatoms. The summed E-state index contributed by atoms with van der Waals surface area (Å²) in [5, 5.41) is 17.9. The lowest BCUT2D eigenvalue weighted by Crippen LogP contribution is -2.15. The fourth-order valence-corrected chi connectivity index (χ4v) is 4.11. The van der Waals surface area contributed by atoms with Crippen LogP contribution in [0.5, 0.6) is 0 Å². The monoisotopic (exact) mass is 347 g/mol. The molecule has 3 rings (SSSR count). The minimum absolute atomic E-state index is 0.187. The molecule has 0 spiro atoms. The Morgan fingerprint density at radius 3 is 2.62 bits per heavy atom. The van der Waals surface area contributed by atoms with Crippen LogP contribution in [0.25, 0.3) is 11.4 Å². The van der Waals surface area contributed by atoms with Crippen LogP contribution in [0, 0.1) is 13.8 Å². The van der Waals surface area contributed by atoms with Gasteiger partial charge in [0.2, 0.25) is 5.82 Å². The van der Waals surface area contributed by atoms with E-state index in [0.717, 1.165) is 0 Å². The second-order valence-corrected chi connectivity index (χ2v) is 6.82. The van der Waals surface area contributed by atoms with E-state index in [1.54, 1.807) is 42.8 Å². The number of nitrogens with zero attached hydrogens (tertiary/aromatic N) is 5. The van der Waals surface area contributed by atoms with Gasteiger partial charge in [0.15, 0.2) is 0 Å². The first-order chi connectivity index (χ1) is 11.4. The standard InChI is InChI=1S/C14H17N7O2S/c1-4-21-10(3)13(9(2)17-21)24(22,23)18-12-8-6-5-7-11(12)14-15-19-20-16-14/h5-8,18H,4H2,1-3H3,(H,15,16,19,20). The van der Waals surface area contributed by atoms with Crippen LogP contribution in [-0.2, 0) is 16.6 Å². The Bertz CT molecular complexity index is 961. The van der Waals surface area contributed by atoms with Gasteiger partial charge in [0.05, 0.1) is 17.1 Å². The summed E-state index contributed by atoms with van der Waals surface area (Å²) in [6, 6.07) is 6.88. The van der Waals surface area contributed by atoms with Crippen molar-refractivity contribution < 1.29 is 8.42 Å². The number of hydrogen-bond donors (Lipinski definition) is 2. The lowest BCUT2D eigenvalue weighted by atomic mass is 10.2. The van der Waals surface area contributed by atoms with E-state index in [2.05, 4.69) is 30.4 Å². The Labute approximate surface area is 139 Å². The fourth-order valence-electron chi connectivity index (χ4n) is 2.62. The van der Waals surface area contributed by atoms with Crippen molar-refractivity contribution in [3.63, 3.8) is 0 Å². The number of tetrazole rings is 1. The van der Waals surface area contributed by atoms with Gasteiger partial charge in [0.25, 0.3) is 10.0 Å². The van der Waals surface area contributed by atoms with Crippen molar-refractivity contribution in [1.82, 2.24) is 30.4 Å². The van der Waals surface area contributed by atoms with Gasteiger partial charge in [-0.25, -0.2) is 8.42 Å². The van der Waals surface area contributed by atoms with Crippen molar-refractivity contribution in [3.8, 4) is 11.4 Å².